The molecule has 22 nitrogen and oxygen atoms in total. The summed E-state index contributed by atoms with van der Waals surface area (Å²) in [6.45, 7) is 2.00. The fraction of sp³-hybridized carbons (Fsp3) is 0.706. The molecule has 2 rings (SSSR count). The Bertz CT molecular complexity index is 1470. The number of nitrogens with one attached hydrogen (secondary N) is 9. The van der Waals surface area contributed by atoms with Crippen molar-refractivity contribution in [3.63, 3.8) is 0 Å². The Balaban J connectivity index is 1.65. The number of aliphatic carboxylic acids is 1. The average Bonchev–Trinajstić information content (AvgIpc) is 3.70. The zero-order valence-electron chi connectivity index (χ0n) is 32.1. The molecule has 0 spiro atoms. The molecule has 10 amide bonds. The highest BCUT2D eigenvalue weighted by Crippen LogP contribution is 2.33. The molecule has 23 heteroatoms. The zero-order valence-corrected chi connectivity index (χ0v) is 32.9. The highest BCUT2D eigenvalue weighted by Gasteiger charge is 2.42. The number of urea groups is 1. The number of carbonyl (C=O) groups excluding carboxylic acids is 9. The number of carboxylic acids is 1. The maximum absolute atomic E-state index is 12.6. The summed E-state index contributed by atoms with van der Waals surface area (Å²) in [6, 6.07) is -2.54. The van der Waals surface area contributed by atoms with Gasteiger partial charge in [0, 0.05) is 36.3 Å². The van der Waals surface area contributed by atoms with Crippen LogP contribution >= 0.6 is 11.8 Å². The van der Waals surface area contributed by atoms with Gasteiger partial charge in [0.25, 0.3) is 0 Å². The Kier molecular flexibility index (Phi) is 21.2. The molecule has 57 heavy (non-hydrogen) atoms. The van der Waals surface area contributed by atoms with Gasteiger partial charge in [-0.2, -0.15) is 11.8 Å². The molecule has 2 heterocycles. The van der Waals surface area contributed by atoms with Gasteiger partial charge in [0.15, 0.2) is 0 Å². The van der Waals surface area contributed by atoms with Crippen LogP contribution in [0.15, 0.2) is 0 Å². The summed E-state index contributed by atoms with van der Waals surface area (Å²) in [7, 11) is 0. The fourth-order valence-electron chi connectivity index (χ4n) is 6.19. The Morgan fingerprint density at radius 3 is 2.07 bits per heavy atom. The summed E-state index contributed by atoms with van der Waals surface area (Å²) in [6.07, 6.45) is 3.00. The predicted molar refractivity (Wildman–Crippen MR) is 203 cm³/mol. The second kappa shape index (κ2) is 25.1. The third-order valence-corrected chi connectivity index (χ3v) is 10.5. The maximum atomic E-state index is 12.6. The molecule has 13 N–H and O–H groups in total. The van der Waals surface area contributed by atoms with Crippen molar-refractivity contribution in [2.45, 2.75) is 107 Å². The third-order valence-electron chi connectivity index (χ3n) is 9.01. The smallest absolute Gasteiger partial charge is 0.315 e. The molecule has 320 valence electrons. The molecule has 0 saturated carbocycles. The van der Waals surface area contributed by atoms with Gasteiger partial charge in [0.1, 0.15) is 12.1 Å². The topological polar surface area (TPSA) is 345 Å². The number of hydroxylamine groups is 1. The zero-order chi connectivity index (χ0) is 42.5. The van der Waals surface area contributed by atoms with Crippen LogP contribution in [0.3, 0.4) is 0 Å². The van der Waals surface area contributed by atoms with E-state index in [2.05, 4.69) is 42.5 Å². The molecule has 0 aliphatic carbocycles. The first-order valence-corrected chi connectivity index (χ1v) is 19.8. The SMILES string of the molecule is CC(C)CC(CC(=O)NO)C(=O)NCC(=O)N[C@@H](CC(=O)O)C(=O)NCC(=O)NCC(=O)N[C@@H](CCCCNC(=O)CCCC[C@@H]1SC[C@@H]2NC(=O)N[C@@H]21)C(N)=O. The molecule has 0 bridgehead atoms. The van der Waals surface area contributed by atoms with Crippen LogP contribution in [0.4, 0.5) is 4.79 Å². The lowest BCUT2D eigenvalue weighted by molar-refractivity contribution is -0.141. The van der Waals surface area contributed by atoms with Crippen LogP contribution in [0.1, 0.15) is 78.1 Å². The minimum absolute atomic E-state index is 0.00728. The first-order chi connectivity index (χ1) is 27.0. The Morgan fingerprint density at radius 1 is 0.772 bits per heavy atom. The molecule has 0 aromatic rings. The predicted octanol–water partition coefficient (Wildman–Crippen LogP) is -3.17. The number of fused-ring (bicyclic) bond motifs is 1. The standard InChI is InChI=1S/C34H56N10O12S/c1-18(2)11-19(12-25(46)44-56)32(53)38-16-28(49)41-21(13-29(50)51)33(54)39-14-26(47)37-15-27(48)40-20(31(35)52)7-5-6-10-36-24(45)9-4-3-8-23-30-22(17-57-23)42-34(55)43-30/h18-23,30,56H,3-17H2,1-2H3,(H2,35,52)(H,36,45)(H,37,47)(H,38,53)(H,39,54)(H,40,48)(H,41,49)(H,44,46)(H,50,51)(H2,42,43,55)/t19?,20-,21-,22-,23-,30-/m0/s1. The Hall–Kier alpha value is -5.19. The van der Waals surface area contributed by atoms with Gasteiger partial charge in [-0.05, 0) is 44.4 Å². The molecule has 2 saturated heterocycles. The number of rotatable bonds is 27. The maximum Gasteiger partial charge on any atom is 0.315 e. The van der Waals surface area contributed by atoms with Crippen LogP contribution in [0, 0.1) is 11.8 Å². The highest BCUT2D eigenvalue weighted by molar-refractivity contribution is 8.00. The van der Waals surface area contributed by atoms with Gasteiger partial charge >= 0.3 is 12.0 Å². The van der Waals surface area contributed by atoms with Gasteiger partial charge in [-0.15, -0.1) is 0 Å². The highest BCUT2D eigenvalue weighted by atomic mass is 32.2. The number of carbonyl (C=O) groups is 10. The van der Waals surface area contributed by atoms with Crippen LogP contribution < -0.4 is 53.7 Å². The largest absolute Gasteiger partial charge is 0.481 e. The van der Waals surface area contributed by atoms with E-state index < -0.39 is 91.4 Å². The third kappa shape index (κ3) is 19.0. The summed E-state index contributed by atoms with van der Waals surface area (Å²) in [4.78, 5) is 121. The number of thioether (sulfide) groups is 1. The van der Waals surface area contributed by atoms with Crippen LogP contribution in [0.25, 0.3) is 0 Å². The number of carboxylic acid groups (broad SMARTS) is 1. The second-order valence-electron chi connectivity index (χ2n) is 14.2. The Morgan fingerprint density at radius 2 is 1.42 bits per heavy atom. The lowest BCUT2D eigenvalue weighted by atomic mass is 9.93. The van der Waals surface area contributed by atoms with E-state index in [1.165, 1.54) is 5.48 Å². The van der Waals surface area contributed by atoms with E-state index in [0.717, 1.165) is 18.6 Å². The molecule has 6 atom stereocenters. The lowest BCUT2D eigenvalue weighted by Gasteiger charge is -2.19. The number of unbranched alkanes of at least 4 members (excludes halogenated alkanes) is 2. The van der Waals surface area contributed by atoms with Gasteiger partial charge in [0.05, 0.1) is 38.1 Å². The van der Waals surface area contributed by atoms with Crippen molar-refractivity contribution < 1.29 is 58.3 Å². The van der Waals surface area contributed by atoms with E-state index in [4.69, 9.17) is 10.9 Å². The number of nitrogens with two attached hydrogens (primary N) is 1. The van der Waals surface area contributed by atoms with Crippen molar-refractivity contribution in [2.24, 2.45) is 17.6 Å². The van der Waals surface area contributed by atoms with Gasteiger partial charge in [-0.25, -0.2) is 10.3 Å². The second-order valence-corrected chi connectivity index (χ2v) is 15.5. The average molecular weight is 829 g/mol. The monoisotopic (exact) mass is 828 g/mol. The quantitative estimate of drug-likeness (QED) is 0.0169. The van der Waals surface area contributed by atoms with Gasteiger partial charge in [0.2, 0.25) is 47.3 Å². The normalized spacial score (nSPS) is 18.4. The number of hydrogen-bond donors (Lipinski definition) is 12. The van der Waals surface area contributed by atoms with Crippen molar-refractivity contribution >= 4 is 71.0 Å². The van der Waals surface area contributed by atoms with Crippen molar-refractivity contribution in [1.29, 1.82) is 0 Å². The molecule has 2 aliphatic heterocycles. The summed E-state index contributed by atoms with van der Waals surface area (Å²) in [5.74, 6) is -7.45. The van der Waals surface area contributed by atoms with Crippen molar-refractivity contribution in [3.05, 3.63) is 0 Å². The van der Waals surface area contributed by atoms with Crippen molar-refractivity contribution in [3.8, 4) is 0 Å². The van der Waals surface area contributed by atoms with Crippen LogP contribution in [0.2, 0.25) is 0 Å². The van der Waals surface area contributed by atoms with Gasteiger partial charge in [-0.1, -0.05) is 20.3 Å². The van der Waals surface area contributed by atoms with Crippen molar-refractivity contribution in [1.82, 2.24) is 48.0 Å². The van der Waals surface area contributed by atoms with E-state index in [-0.39, 0.29) is 49.2 Å². The summed E-state index contributed by atoms with van der Waals surface area (Å²) < 4.78 is 0. The van der Waals surface area contributed by atoms with Gasteiger partial charge in [-0.3, -0.25) is 48.4 Å². The minimum Gasteiger partial charge on any atom is -0.481 e. The molecule has 1 unspecified atom stereocenters. The molecular weight excluding hydrogens is 772 g/mol. The van der Waals surface area contributed by atoms with E-state index >= 15 is 0 Å². The number of primary amides is 1. The summed E-state index contributed by atoms with van der Waals surface area (Å²) in [5, 5.41) is 38.3. The molecule has 2 aliphatic rings. The minimum atomic E-state index is -1.64. The lowest BCUT2D eigenvalue weighted by Crippen LogP contribution is -2.52. The first-order valence-electron chi connectivity index (χ1n) is 18.8. The summed E-state index contributed by atoms with van der Waals surface area (Å²) >= 11 is 1.82. The van der Waals surface area contributed by atoms with Crippen LogP contribution in [0.5, 0.6) is 0 Å². The Labute approximate surface area is 333 Å². The molecule has 0 aromatic carbocycles. The fourth-order valence-corrected chi connectivity index (χ4v) is 7.73. The van der Waals surface area contributed by atoms with Crippen LogP contribution in [-0.2, 0) is 43.2 Å². The van der Waals surface area contributed by atoms with Crippen molar-refractivity contribution in [2.75, 3.05) is 31.9 Å². The molecular formula is C34H56N10O12S. The van der Waals surface area contributed by atoms with E-state index in [1.807, 2.05) is 11.8 Å². The molecule has 2 fully saturated rings. The molecule has 0 aromatic heterocycles. The summed E-state index contributed by atoms with van der Waals surface area (Å²) in [5.41, 5.74) is 6.85. The molecule has 0 radical (unpaired) electrons. The van der Waals surface area contributed by atoms with E-state index in [9.17, 15) is 53.1 Å². The number of hydrogen-bond acceptors (Lipinski definition) is 12. The van der Waals surface area contributed by atoms with E-state index in [1.54, 1.807) is 13.8 Å². The first kappa shape index (κ1) is 48.0. The van der Waals surface area contributed by atoms with Crippen LogP contribution in [-0.4, -0.2) is 131 Å². The number of amides is 10. The van der Waals surface area contributed by atoms with Gasteiger partial charge < -0.3 is 53.4 Å². The van der Waals surface area contributed by atoms with E-state index in [0.29, 0.717) is 37.5 Å².